The minimum atomic E-state index is -4.67. The van der Waals surface area contributed by atoms with Crippen LogP contribution in [0.15, 0.2) is 0 Å². The Morgan fingerprint density at radius 3 is 0.600 bits per heavy atom. The molecule has 15 heavy (non-hydrogen) atoms. The molecule has 0 aromatic rings. The van der Waals surface area contributed by atoms with Gasteiger partial charge in [-0.25, -0.2) is 0 Å². The predicted molar refractivity (Wildman–Crippen MR) is 70.3 cm³/mol. The van der Waals surface area contributed by atoms with E-state index < -0.39 is 20.8 Å². The third-order valence-corrected chi connectivity index (χ3v) is 0. The topological polar surface area (TPSA) is 181 Å². The first-order valence-electron chi connectivity index (χ1n) is 1.40. The first-order chi connectivity index (χ1) is 4.00. The highest BCUT2D eigenvalue weighted by molar-refractivity contribution is 7.80. The van der Waals surface area contributed by atoms with Gasteiger partial charge in [0.05, 0.1) is 0 Å². The fraction of sp³-hybridized carbons (Fsp3) is 0. The van der Waals surface area contributed by atoms with E-state index in [0.717, 1.165) is 0 Å². The zero-order chi connectivity index (χ0) is 9.00. The highest BCUT2D eigenvalue weighted by Crippen LogP contribution is 1.59. The Morgan fingerprint density at radius 2 is 0.600 bits per heavy atom. The summed E-state index contributed by atoms with van der Waals surface area (Å²) in [4.78, 5) is 0. The normalized spacial score (nSPS) is 7.73. The summed E-state index contributed by atoms with van der Waals surface area (Å²) in [5, 5.41) is 0. The van der Waals surface area contributed by atoms with Crippen LogP contribution in [0.3, 0.4) is 0 Å². The second-order valence-corrected chi connectivity index (χ2v) is 2.69. The maximum Gasteiger partial charge on any atom is 0.394 e. The van der Waals surface area contributed by atoms with Crippen LogP contribution < -0.4 is 0 Å². The van der Waals surface area contributed by atoms with Gasteiger partial charge >= 0.3 is 43.9 Å². The van der Waals surface area contributed by atoms with E-state index in [4.69, 9.17) is 35.0 Å². The maximum atomic E-state index is 8.74. The lowest BCUT2D eigenvalue weighted by Crippen LogP contribution is -1.89. The van der Waals surface area contributed by atoms with Crippen molar-refractivity contribution in [1.82, 2.24) is 0 Å². The van der Waals surface area contributed by atoms with E-state index in [2.05, 4.69) is 0 Å². The molecule has 0 amide bonds. The summed E-state index contributed by atoms with van der Waals surface area (Å²) in [5.41, 5.74) is 0. The van der Waals surface area contributed by atoms with Crippen molar-refractivity contribution in [2.45, 2.75) is 0 Å². The van der Waals surface area contributed by atoms with Gasteiger partial charge in [-0.05, 0) is 0 Å². The molecule has 0 aromatic carbocycles. The third kappa shape index (κ3) is 746. The molecule has 0 heterocycles. The van der Waals surface area contributed by atoms with Crippen molar-refractivity contribution in [3.05, 3.63) is 0 Å². The Labute approximate surface area is 135 Å². The molecular weight excluding hydrogens is 313 g/mol. The SMILES string of the molecule is O.O=S(=O)(O)O.O=S(=O)(O)O.[AlH3].[AlH3].[AlH3].[MgH2]. The van der Waals surface area contributed by atoms with Gasteiger partial charge in [0, 0.05) is 0 Å². The van der Waals surface area contributed by atoms with Crippen LogP contribution >= 0.6 is 0 Å². The molecule has 0 aromatic heterocycles. The van der Waals surface area contributed by atoms with E-state index in [-0.39, 0.29) is 80.6 Å². The molecule has 0 atom stereocenters. The van der Waals surface area contributed by atoms with Crippen LogP contribution in [0.5, 0.6) is 0 Å². The highest BCUT2D eigenvalue weighted by Gasteiger charge is 1.85. The molecule has 0 fully saturated rings. The summed E-state index contributed by atoms with van der Waals surface area (Å²) in [7, 11) is -9.33. The second kappa shape index (κ2) is 18.4. The van der Waals surface area contributed by atoms with Gasteiger partial charge in [0.2, 0.25) is 0 Å². The van der Waals surface area contributed by atoms with E-state index >= 15 is 0 Å². The fourth-order valence-corrected chi connectivity index (χ4v) is 0. The number of hydrogen-bond acceptors (Lipinski definition) is 4. The first kappa shape index (κ1) is 43.5. The minimum Gasteiger partial charge on any atom is -0.412 e. The molecule has 0 aliphatic rings. The Hall–Kier alpha value is 2.06. The molecule has 0 aliphatic carbocycles. The van der Waals surface area contributed by atoms with Gasteiger partial charge in [-0.2, -0.15) is 16.8 Å². The van der Waals surface area contributed by atoms with Gasteiger partial charge in [0.15, 0.2) is 52.1 Å². The zero-order valence-electron chi connectivity index (χ0n) is 4.74. The molecule has 0 unspecified atom stereocenters. The van der Waals surface area contributed by atoms with Crippen molar-refractivity contribution in [3.63, 3.8) is 0 Å². The average molecular weight is 331 g/mol. The van der Waals surface area contributed by atoms with Crippen molar-refractivity contribution in [2.24, 2.45) is 0 Å². The Balaban J connectivity index is -0.0000000128. The summed E-state index contributed by atoms with van der Waals surface area (Å²) in [6, 6.07) is 0. The summed E-state index contributed by atoms with van der Waals surface area (Å²) >= 11 is 0. The second-order valence-electron chi connectivity index (χ2n) is 0.896. The highest BCUT2D eigenvalue weighted by atomic mass is 32.3. The van der Waals surface area contributed by atoms with Gasteiger partial charge in [-0.15, -0.1) is 0 Å². The van der Waals surface area contributed by atoms with Crippen LogP contribution in [-0.4, -0.2) is 116 Å². The minimum absolute atomic E-state index is 0. The number of hydrogen-bond donors (Lipinski definition) is 4. The molecule has 0 spiro atoms. The molecule has 94 valence electrons. The standard InChI is InChI=1S/3Al.Mg.2H2O4S.H2O.11H/c;;;;2*1-5(2,3)4;;;;;;;;;;;;/h;;;;2*(H2,1,2,3,4);1H2;;;;;;;;;;;. The Kier molecular flexibility index (Phi) is 53.4. The average Bonchev–Trinajstić information content (AvgIpc) is 1.12. The molecule has 0 radical (unpaired) electrons. The molecular formula is H17Al3MgO9S2. The van der Waals surface area contributed by atoms with Crippen molar-refractivity contribution in [1.29, 1.82) is 0 Å². The van der Waals surface area contributed by atoms with Gasteiger partial charge in [-0.1, -0.05) is 0 Å². The smallest absolute Gasteiger partial charge is 0.394 e. The van der Waals surface area contributed by atoms with Crippen LogP contribution in [0.2, 0.25) is 0 Å². The van der Waals surface area contributed by atoms with Crippen molar-refractivity contribution in [2.75, 3.05) is 0 Å². The largest absolute Gasteiger partial charge is 0.412 e. The lowest BCUT2D eigenvalue weighted by atomic mass is 15.8. The van der Waals surface area contributed by atoms with E-state index in [1.54, 1.807) is 0 Å². The summed E-state index contributed by atoms with van der Waals surface area (Å²) in [6.07, 6.45) is 0. The summed E-state index contributed by atoms with van der Waals surface area (Å²) in [5.74, 6) is 0. The maximum absolute atomic E-state index is 8.74. The molecule has 0 bridgehead atoms. The van der Waals surface area contributed by atoms with Gasteiger partial charge in [0.1, 0.15) is 0 Å². The number of rotatable bonds is 0. The molecule has 0 aliphatic heterocycles. The van der Waals surface area contributed by atoms with Crippen molar-refractivity contribution < 1.29 is 40.5 Å². The quantitative estimate of drug-likeness (QED) is 0.250. The summed E-state index contributed by atoms with van der Waals surface area (Å²) in [6.45, 7) is 0. The molecule has 9 nitrogen and oxygen atoms in total. The Bertz CT molecular complexity index is 220. The van der Waals surface area contributed by atoms with Gasteiger partial charge in [0.25, 0.3) is 0 Å². The Morgan fingerprint density at radius 1 is 0.600 bits per heavy atom. The third-order valence-electron chi connectivity index (χ3n) is 0. The van der Waals surface area contributed by atoms with Crippen LogP contribution in [0.4, 0.5) is 0 Å². The molecule has 6 N–H and O–H groups in total. The van der Waals surface area contributed by atoms with Gasteiger partial charge < -0.3 is 5.48 Å². The van der Waals surface area contributed by atoms with E-state index in [9.17, 15) is 0 Å². The van der Waals surface area contributed by atoms with Crippen molar-refractivity contribution in [3.8, 4) is 0 Å². The van der Waals surface area contributed by atoms with Crippen LogP contribution in [0, 0.1) is 0 Å². The van der Waals surface area contributed by atoms with Crippen LogP contribution in [-0.2, 0) is 20.8 Å². The molecule has 0 rings (SSSR count). The van der Waals surface area contributed by atoms with E-state index in [1.807, 2.05) is 0 Å². The lowest BCUT2D eigenvalue weighted by molar-refractivity contribution is 0.378. The van der Waals surface area contributed by atoms with E-state index in [1.165, 1.54) is 0 Å². The first-order valence-corrected chi connectivity index (χ1v) is 4.19. The summed E-state index contributed by atoms with van der Waals surface area (Å²) < 4.78 is 63.2. The van der Waals surface area contributed by atoms with Crippen molar-refractivity contribution >= 4 is 95.9 Å². The molecule has 0 saturated carbocycles. The van der Waals surface area contributed by atoms with Gasteiger partial charge in [-0.3, -0.25) is 18.2 Å². The van der Waals surface area contributed by atoms with Crippen LogP contribution in [0.1, 0.15) is 0 Å². The van der Waals surface area contributed by atoms with E-state index in [0.29, 0.717) is 0 Å². The predicted octanol–water partition coefficient (Wildman–Crippen LogP) is -6.60. The fourth-order valence-electron chi connectivity index (χ4n) is 0. The molecule has 15 heteroatoms. The van der Waals surface area contributed by atoms with Crippen LogP contribution in [0.25, 0.3) is 0 Å². The zero-order valence-corrected chi connectivity index (χ0v) is 6.37. The lowest BCUT2D eigenvalue weighted by Gasteiger charge is -1.68. The monoisotopic (exact) mass is 330 g/mol. The molecule has 0 saturated heterocycles.